The molecule has 1 amide bonds. The van der Waals surface area contributed by atoms with Gasteiger partial charge < -0.3 is 10.5 Å². The maximum absolute atomic E-state index is 11.2. The Kier molecular flexibility index (Phi) is 4.36. The van der Waals surface area contributed by atoms with Gasteiger partial charge in [-0.15, -0.1) is 10.2 Å². The molecule has 8 nitrogen and oxygen atoms in total. The zero-order chi connectivity index (χ0) is 18.1. The average Bonchev–Trinajstić information content (AvgIpc) is 3.25. The summed E-state index contributed by atoms with van der Waals surface area (Å²) in [6.07, 6.45) is 6.30. The molecule has 2 N–H and O–H groups in total. The lowest BCUT2D eigenvalue weighted by atomic mass is 10.1. The van der Waals surface area contributed by atoms with Gasteiger partial charge in [0.05, 0.1) is 18.3 Å². The second kappa shape index (κ2) is 6.81. The van der Waals surface area contributed by atoms with Crippen LogP contribution in [0.25, 0.3) is 5.65 Å². The van der Waals surface area contributed by atoms with Crippen molar-refractivity contribution >= 4 is 11.6 Å². The van der Waals surface area contributed by atoms with Gasteiger partial charge in [-0.1, -0.05) is 12.1 Å². The SMILES string of the molecule is CO[C@@H]1C[C@@H](c2nnc3cnccn23)N(Cc2ccc(C(N)=O)cc2)C1. The molecule has 134 valence electrons. The minimum atomic E-state index is -0.418. The number of nitrogens with two attached hydrogens (primary N) is 1. The van der Waals surface area contributed by atoms with Crippen molar-refractivity contribution in [1.29, 1.82) is 0 Å². The molecule has 3 heterocycles. The highest BCUT2D eigenvalue weighted by Gasteiger charge is 2.36. The lowest BCUT2D eigenvalue weighted by molar-refractivity contribution is 0.1000. The smallest absolute Gasteiger partial charge is 0.248 e. The second-order valence-electron chi connectivity index (χ2n) is 6.46. The zero-order valence-corrected chi connectivity index (χ0v) is 14.4. The van der Waals surface area contributed by atoms with E-state index in [1.54, 1.807) is 31.6 Å². The van der Waals surface area contributed by atoms with Crippen molar-refractivity contribution in [2.24, 2.45) is 5.73 Å². The third-order valence-electron chi connectivity index (χ3n) is 4.86. The number of rotatable bonds is 5. The number of aromatic nitrogens is 4. The van der Waals surface area contributed by atoms with Crippen LogP contribution in [0.3, 0.4) is 0 Å². The average molecular weight is 352 g/mol. The van der Waals surface area contributed by atoms with Crippen molar-refractivity contribution in [1.82, 2.24) is 24.5 Å². The molecule has 8 heteroatoms. The topological polar surface area (TPSA) is 98.6 Å². The van der Waals surface area contributed by atoms with E-state index >= 15 is 0 Å². The first-order valence-electron chi connectivity index (χ1n) is 8.46. The molecule has 26 heavy (non-hydrogen) atoms. The number of likely N-dealkylation sites (tertiary alicyclic amines) is 1. The number of hydrogen-bond acceptors (Lipinski definition) is 6. The summed E-state index contributed by atoms with van der Waals surface area (Å²) in [6.45, 7) is 1.53. The van der Waals surface area contributed by atoms with E-state index in [0.717, 1.165) is 36.5 Å². The summed E-state index contributed by atoms with van der Waals surface area (Å²) in [5.41, 5.74) is 7.66. The van der Waals surface area contributed by atoms with Crippen LogP contribution in [-0.2, 0) is 11.3 Å². The molecule has 0 spiro atoms. The molecule has 3 aromatic rings. The number of ether oxygens (including phenoxy) is 1. The summed E-state index contributed by atoms with van der Waals surface area (Å²) < 4.78 is 7.57. The molecular weight excluding hydrogens is 332 g/mol. The van der Waals surface area contributed by atoms with Crippen LogP contribution in [0, 0.1) is 0 Å². The second-order valence-corrected chi connectivity index (χ2v) is 6.46. The Hall–Kier alpha value is -2.84. The highest BCUT2D eigenvalue weighted by atomic mass is 16.5. The molecule has 1 aromatic carbocycles. The first-order valence-corrected chi connectivity index (χ1v) is 8.46. The highest BCUT2D eigenvalue weighted by Crippen LogP contribution is 2.33. The van der Waals surface area contributed by atoms with Crippen molar-refractivity contribution in [2.45, 2.75) is 25.1 Å². The molecule has 1 aliphatic rings. The molecule has 2 aromatic heterocycles. The maximum Gasteiger partial charge on any atom is 0.248 e. The summed E-state index contributed by atoms with van der Waals surface area (Å²) in [7, 11) is 1.73. The molecule has 2 atom stereocenters. The van der Waals surface area contributed by atoms with Crippen molar-refractivity contribution in [3.05, 3.63) is 59.8 Å². The number of carbonyl (C=O) groups is 1. The molecule has 0 bridgehead atoms. The fraction of sp³-hybridized carbons (Fsp3) is 0.333. The minimum Gasteiger partial charge on any atom is -0.380 e. The van der Waals surface area contributed by atoms with E-state index in [-0.39, 0.29) is 12.1 Å². The molecule has 1 aliphatic heterocycles. The largest absolute Gasteiger partial charge is 0.380 e. The predicted molar refractivity (Wildman–Crippen MR) is 94.3 cm³/mol. The van der Waals surface area contributed by atoms with Crippen molar-refractivity contribution < 1.29 is 9.53 Å². The van der Waals surface area contributed by atoms with E-state index in [0.29, 0.717) is 5.56 Å². The van der Waals surface area contributed by atoms with Crippen LogP contribution in [0.4, 0.5) is 0 Å². The third-order valence-corrected chi connectivity index (χ3v) is 4.86. The van der Waals surface area contributed by atoms with E-state index in [1.807, 2.05) is 22.7 Å². The summed E-state index contributed by atoms with van der Waals surface area (Å²) in [5, 5.41) is 8.61. The molecule has 1 fully saturated rings. The Bertz CT molecular complexity index is 923. The number of nitrogens with zero attached hydrogens (tertiary/aromatic N) is 5. The number of benzene rings is 1. The Balaban J connectivity index is 1.61. The lowest BCUT2D eigenvalue weighted by Gasteiger charge is -2.23. The van der Waals surface area contributed by atoms with Gasteiger partial charge in [0.1, 0.15) is 0 Å². The van der Waals surface area contributed by atoms with Crippen LogP contribution in [0.15, 0.2) is 42.9 Å². The summed E-state index contributed by atoms with van der Waals surface area (Å²) in [6, 6.07) is 7.48. The van der Waals surface area contributed by atoms with Crippen LogP contribution in [0.2, 0.25) is 0 Å². The number of amides is 1. The molecule has 0 radical (unpaired) electrons. The van der Waals surface area contributed by atoms with E-state index in [2.05, 4.69) is 20.1 Å². The van der Waals surface area contributed by atoms with Crippen molar-refractivity contribution in [3.8, 4) is 0 Å². The number of primary amides is 1. The molecule has 0 saturated carbocycles. The Morgan fingerprint density at radius 1 is 1.31 bits per heavy atom. The van der Waals surface area contributed by atoms with E-state index in [9.17, 15) is 4.79 Å². The summed E-state index contributed by atoms with van der Waals surface area (Å²) in [5.74, 6) is 0.467. The first kappa shape index (κ1) is 16.6. The quantitative estimate of drug-likeness (QED) is 0.740. The summed E-state index contributed by atoms with van der Waals surface area (Å²) in [4.78, 5) is 17.7. The number of fused-ring (bicyclic) bond motifs is 1. The first-order chi connectivity index (χ1) is 12.7. The van der Waals surface area contributed by atoms with Gasteiger partial charge in [-0.3, -0.25) is 19.1 Å². The number of hydrogen-bond donors (Lipinski definition) is 1. The van der Waals surface area contributed by atoms with Crippen molar-refractivity contribution in [2.75, 3.05) is 13.7 Å². The van der Waals surface area contributed by atoms with Crippen LogP contribution in [0.1, 0.15) is 34.2 Å². The van der Waals surface area contributed by atoms with E-state index in [4.69, 9.17) is 10.5 Å². The fourth-order valence-electron chi connectivity index (χ4n) is 3.48. The molecule has 0 unspecified atom stereocenters. The zero-order valence-electron chi connectivity index (χ0n) is 14.4. The van der Waals surface area contributed by atoms with Gasteiger partial charge in [-0.05, 0) is 24.1 Å². The number of carbonyl (C=O) groups excluding carboxylic acids is 1. The summed E-state index contributed by atoms with van der Waals surface area (Å²) >= 11 is 0. The predicted octanol–water partition coefficient (Wildman–Crippen LogP) is 1.19. The molecule has 1 saturated heterocycles. The Morgan fingerprint density at radius 2 is 2.12 bits per heavy atom. The molecule has 4 rings (SSSR count). The van der Waals surface area contributed by atoms with Crippen LogP contribution < -0.4 is 5.73 Å². The Labute approximate surface area is 150 Å². The van der Waals surface area contributed by atoms with Crippen molar-refractivity contribution in [3.63, 3.8) is 0 Å². The highest BCUT2D eigenvalue weighted by molar-refractivity contribution is 5.92. The van der Waals surface area contributed by atoms with Gasteiger partial charge in [0.25, 0.3) is 0 Å². The van der Waals surface area contributed by atoms with Crippen LogP contribution in [0.5, 0.6) is 0 Å². The lowest BCUT2D eigenvalue weighted by Crippen LogP contribution is -2.26. The number of methoxy groups -OCH3 is 1. The van der Waals surface area contributed by atoms with Crippen LogP contribution >= 0.6 is 0 Å². The van der Waals surface area contributed by atoms with Gasteiger partial charge in [0.2, 0.25) is 5.91 Å². The minimum absolute atomic E-state index is 0.0909. The van der Waals surface area contributed by atoms with Gasteiger partial charge in [0.15, 0.2) is 11.5 Å². The Morgan fingerprint density at radius 3 is 2.85 bits per heavy atom. The van der Waals surface area contributed by atoms with Gasteiger partial charge in [0, 0.05) is 38.2 Å². The monoisotopic (exact) mass is 352 g/mol. The normalized spacial score (nSPS) is 20.7. The van der Waals surface area contributed by atoms with E-state index < -0.39 is 5.91 Å². The van der Waals surface area contributed by atoms with Crippen LogP contribution in [-0.4, -0.2) is 50.1 Å². The standard InChI is InChI=1S/C18H20N6O2/c1-26-14-8-15(18-22-21-16-9-20-6-7-24(16)18)23(11-14)10-12-2-4-13(5-3-12)17(19)25/h2-7,9,14-15H,8,10-11H2,1H3,(H2,19,25)/t14-,15+/m1/s1. The van der Waals surface area contributed by atoms with Gasteiger partial charge in [-0.2, -0.15) is 0 Å². The fourth-order valence-corrected chi connectivity index (χ4v) is 3.48. The maximum atomic E-state index is 11.2. The molecule has 0 aliphatic carbocycles. The third kappa shape index (κ3) is 3.04. The van der Waals surface area contributed by atoms with E-state index in [1.165, 1.54) is 0 Å². The van der Waals surface area contributed by atoms with Gasteiger partial charge in [-0.25, -0.2) is 0 Å². The van der Waals surface area contributed by atoms with Gasteiger partial charge >= 0.3 is 0 Å². The molecular formula is C18H20N6O2.